The van der Waals surface area contributed by atoms with Gasteiger partial charge < -0.3 is 0 Å². The Morgan fingerprint density at radius 2 is 2.00 bits per heavy atom. The first-order chi connectivity index (χ1) is 6.15. The Morgan fingerprint density at radius 1 is 1.31 bits per heavy atom. The van der Waals surface area contributed by atoms with E-state index in [0.717, 1.165) is 22.0 Å². The number of hydrogen-bond donors (Lipinski definition) is 0. The van der Waals surface area contributed by atoms with Gasteiger partial charge in [-0.25, -0.2) is 0 Å². The number of halogens is 2. The Balaban J connectivity index is 2.91. The molecule has 0 saturated carbocycles. The van der Waals surface area contributed by atoms with Gasteiger partial charge in [0, 0.05) is 10.0 Å². The van der Waals surface area contributed by atoms with Gasteiger partial charge >= 0.3 is 0 Å². The molecule has 2 heteroatoms. The van der Waals surface area contributed by atoms with Crippen LogP contribution in [0, 0.1) is 0 Å². The van der Waals surface area contributed by atoms with Crippen molar-refractivity contribution in [3.8, 4) is 0 Å². The van der Waals surface area contributed by atoms with Gasteiger partial charge in [-0.1, -0.05) is 43.5 Å². The van der Waals surface area contributed by atoms with E-state index in [-0.39, 0.29) is 0 Å². The fourth-order valence-electron chi connectivity index (χ4n) is 1.48. The van der Waals surface area contributed by atoms with Gasteiger partial charge in [-0.2, -0.15) is 0 Å². The zero-order chi connectivity index (χ0) is 9.84. The van der Waals surface area contributed by atoms with Gasteiger partial charge in [0.25, 0.3) is 0 Å². The monoisotopic (exact) mass is 216 g/mol. The fourth-order valence-corrected chi connectivity index (χ4v) is 1.97. The summed E-state index contributed by atoms with van der Waals surface area (Å²) in [5.74, 6) is 0.496. The van der Waals surface area contributed by atoms with Crippen LogP contribution in [0.4, 0.5) is 0 Å². The molecule has 0 aliphatic rings. The molecule has 0 N–H and O–H groups in total. The van der Waals surface area contributed by atoms with E-state index in [1.165, 1.54) is 6.42 Å². The van der Waals surface area contributed by atoms with Crippen molar-refractivity contribution in [3.63, 3.8) is 0 Å². The summed E-state index contributed by atoms with van der Waals surface area (Å²) in [6.07, 6.45) is 2.32. The highest BCUT2D eigenvalue weighted by Crippen LogP contribution is 2.29. The topological polar surface area (TPSA) is 0 Å². The normalized spacial score (nSPS) is 12.9. The highest BCUT2D eigenvalue weighted by molar-refractivity contribution is 6.33. The van der Waals surface area contributed by atoms with Gasteiger partial charge in [0.05, 0.1) is 0 Å². The zero-order valence-electron chi connectivity index (χ0n) is 7.98. The average molecular weight is 217 g/mol. The third kappa shape index (κ3) is 2.89. The summed E-state index contributed by atoms with van der Waals surface area (Å²) in [6.45, 7) is 4.36. The van der Waals surface area contributed by atoms with Crippen LogP contribution in [0.3, 0.4) is 0 Å². The molecule has 1 unspecified atom stereocenters. The SMILES string of the molecule is CCCC(C)c1cc(Cl)ccc1Cl. The highest BCUT2D eigenvalue weighted by atomic mass is 35.5. The summed E-state index contributed by atoms with van der Waals surface area (Å²) >= 11 is 12.0. The van der Waals surface area contributed by atoms with E-state index in [0.29, 0.717) is 5.92 Å². The van der Waals surface area contributed by atoms with E-state index in [1.807, 2.05) is 18.2 Å². The van der Waals surface area contributed by atoms with Crippen molar-refractivity contribution in [2.75, 3.05) is 0 Å². The Kier molecular flexibility index (Phi) is 4.08. The second-order valence-electron chi connectivity index (χ2n) is 3.36. The van der Waals surface area contributed by atoms with Gasteiger partial charge in [-0.15, -0.1) is 0 Å². The van der Waals surface area contributed by atoms with E-state index in [9.17, 15) is 0 Å². The summed E-state index contributed by atoms with van der Waals surface area (Å²) < 4.78 is 0. The molecule has 0 fully saturated rings. The van der Waals surface area contributed by atoms with Crippen LogP contribution >= 0.6 is 23.2 Å². The van der Waals surface area contributed by atoms with Crippen LogP contribution in [0.25, 0.3) is 0 Å². The molecule has 0 radical (unpaired) electrons. The molecule has 0 aromatic heterocycles. The summed E-state index contributed by atoms with van der Waals surface area (Å²) in [6, 6.07) is 5.65. The van der Waals surface area contributed by atoms with Gasteiger partial charge in [0.15, 0.2) is 0 Å². The Labute approximate surface area is 89.9 Å². The molecule has 0 nitrogen and oxygen atoms in total. The van der Waals surface area contributed by atoms with Gasteiger partial charge in [-0.05, 0) is 36.1 Å². The second kappa shape index (κ2) is 4.88. The summed E-state index contributed by atoms with van der Waals surface area (Å²) in [5.41, 5.74) is 1.16. The minimum atomic E-state index is 0.496. The lowest BCUT2D eigenvalue weighted by Crippen LogP contribution is -1.93. The molecule has 0 bridgehead atoms. The van der Waals surface area contributed by atoms with Crippen LogP contribution in [-0.2, 0) is 0 Å². The van der Waals surface area contributed by atoms with Crippen LogP contribution in [0.1, 0.15) is 38.2 Å². The lowest BCUT2D eigenvalue weighted by atomic mass is 9.97. The first-order valence-corrected chi connectivity index (χ1v) is 5.35. The molecule has 0 saturated heterocycles. The first kappa shape index (κ1) is 10.9. The van der Waals surface area contributed by atoms with Crippen molar-refractivity contribution < 1.29 is 0 Å². The molecule has 0 aliphatic carbocycles. The second-order valence-corrected chi connectivity index (χ2v) is 4.20. The fraction of sp³-hybridized carbons (Fsp3) is 0.455. The van der Waals surface area contributed by atoms with Crippen LogP contribution in [-0.4, -0.2) is 0 Å². The summed E-state index contributed by atoms with van der Waals surface area (Å²) in [4.78, 5) is 0. The van der Waals surface area contributed by atoms with Crippen molar-refractivity contribution in [1.82, 2.24) is 0 Å². The number of rotatable bonds is 3. The zero-order valence-corrected chi connectivity index (χ0v) is 9.49. The number of benzene rings is 1. The summed E-state index contributed by atoms with van der Waals surface area (Å²) in [5, 5.41) is 1.59. The van der Waals surface area contributed by atoms with Crippen molar-refractivity contribution in [1.29, 1.82) is 0 Å². The third-order valence-corrected chi connectivity index (χ3v) is 2.79. The standard InChI is InChI=1S/C11H14Cl2/c1-3-4-8(2)10-7-9(12)5-6-11(10)13/h5-8H,3-4H2,1-2H3. The van der Waals surface area contributed by atoms with Crippen LogP contribution < -0.4 is 0 Å². The van der Waals surface area contributed by atoms with Gasteiger partial charge in [0.2, 0.25) is 0 Å². The smallest absolute Gasteiger partial charge is 0.0441 e. The lowest BCUT2D eigenvalue weighted by Gasteiger charge is -2.12. The maximum absolute atomic E-state index is 6.07. The number of hydrogen-bond acceptors (Lipinski definition) is 0. The lowest BCUT2D eigenvalue weighted by molar-refractivity contribution is 0.665. The molecule has 1 rings (SSSR count). The molecule has 13 heavy (non-hydrogen) atoms. The largest absolute Gasteiger partial charge is 0.0843 e. The first-order valence-electron chi connectivity index (χ1n) is 4.60. The quantitative estimate of drug-likeness (QED) is 0.675. The highest BCUT2D eigenvalue weighted by Gasteiger charge is 2.08. The third-order valence-electron chi connectivity index (χ3n) is 2.21. The maximum atomic E-state index is 6.07. The van der Waals surface area contributed by atoms with E-state index in [2.05, 4.69) is 13.8 Å². The predicted molar refractivity (Wildman–Crippen MR) is 59.8 cm³/mol. The molecule has 72 valence electrons. The van der Waals surface area contributed by atoms with Crippen LogP contribution in [0.5, 0.6) is 0 Å². The molecule has 1 aromatic carbocycles. The molecular weight excluding hydrogens is 203 g/mol. The van der Waals surface area contributed by atoms with Crippen molar-refractivity contribution in [2.24, 2.45) is 0 Å². The predicted octanol–water partition coefficient (Wildman–Crippen LogP) is 4.90. The molecule has 0 amide bonds. The van der Waals surface area contributed by atoms with Crippen molar-refractivity contribution in [3.05, 3.63) is 33.8 Å². The Hall–Kier alpha value is -0.200. The molecule has 0 spiro atoms. The van der Waals surface area contributed by atoms with Gasteiger partial charge in [-0.3, -0.25) is 0 Å². The molecule has 1 atom stereocenters. The summed E-state index contributed by atoms with van der Waals surface area (Å²) in [7, 11) is 0. The van der Waals surface area contributed by atoms with Crippen LogP contribution in [0.15, 0.2) is 18.2 Å². The van der Waals surface area contributed by atoms with Crippen molar-refractivity contribution in [2.45, 2.75) is 32.6 Å². The Morgan fingerprint density at radius 3 is 2.62 bits per heavy atom. The van der Waals surface area contributed by atoms with E-state index in [1.54, 1.807) is 0 Å². The molecular formula is C11H14Cl2. The molecule has 1 aromatic rings. The van der Waals surface area contributed by atoms with Gasteiger partial charge in [0.1, 0.15) is 0 Å². The maximum Gasteiger partial charge on any atom is 0.0441 e. The Bertz CT molecular complexity index is 281. The average Bonchev–Trinajstić information content (AvgIpc) is 2.09. The van der Waals surface area contributed by atoms with E-state index < -0.39 is 0 Å². The molecule has 0 aliphatic heterocycles. The van der Waals surface area contributed by atoms with Crippen molar-refractivity contribution >= 4 is 23.2 Å². The minimum absolute atomic E-state index is 0.496. The molecule has 0 heterocycles. The van der Waals surface area contributed by atoms with Crippen LogP contribution in [0.2, 0.25) is 10.0 Å². The van der Waals surface area contributed by atoms with E-state index >= 15 is 0 Å². The minimum Gasteiger partial charge on any atom is -0.0843 e. The van der Waals surface area contributed by atoms with E-state index in [4.69, 9.17) is 23.2 Å².